The van der Waals surface area contributed by atoms with E-state index in [0.29, 0.717) is 30.2 Å². The molecule has 164 valence electrons. The topological polar surface area (TPSA) is 140 Å². The Balaban J connectivity index is 1.44. The predicted octanol–water partition coefficient (Wildman–Crippen LogP) is 1.28. The second-order valence-corrected chi connectivity index (χ2v) is 7.60. The van der Waals surface area contributed by atoms with Crippen LogP contribution in [-0.2, 0) is 9.59 Å². The number of rotatable bonds is 7. The molecule has 4 N–H and O–H groups in total. The van der Waals surface area contributed by atoms with E-state index in [1.54, 1.807) is 36.1 Å². The summed E-state index contributed by atoms with van der Waals surface area (Å²) in [5, 5.41) is 13.5. The lowest BCUT2D eigenvalue weighted by Gasteiger charge is -2.37. The van der Waals surface area contributed by atoms with Gasteiger partial charge in [-0.1, -0.05) is 12.0 Å². The molecule has 2 heterocycles. The fraction of sp³-hybridized carbons (Fsp3) is 0.318. The molecule has 4 rings (SSSR count). The number of nitrogens with two attached hydrogens (primary N) is 1. The summed E-state index contributed by atoms with van der Waals surface area (Å²) in [6.07, 6.45) is 1.59. The highest BCUT2D eigenvalue weighted by molar-refractivity contribution is 5.99. The molecule has 0 spiro atoms. The maximum atomic E-state index is 12.0. The van der Waals surface area contributed by atoms with Crippen LogP contribution in [0.4, 0.5) is 17.2 Å². The van der Waals surface area contributed by atoms with Crippen LogP contribution in [0, 0.1) is 17.8 Å². The molecule has 0 bridgehead atoms. The maximum absolute atomic E-state index is 12.0. The Morgan fingerprint density at radius 1 is 1.19 bits per heavy atom. The van der Waals surface area contributed by atoms with Crippen molar-refractivity contribution in [2.75, 3.05) is 23.7 Å². The summed E-state index contributed by atoms with van der Waals surface area (Å²) >= 11 is 0. The Hall–Kier alpha value is -4.13. The highest BCUT2D eigenvalue weighted by Crippen LogP contribution is 2.31. The number of carbonyl (C=O) groups excluding carboxylic acids is 3. The zero-order valence-corrected chi connectivity index (χ0v) is 17.4. The number of aromatic nitrogens is 2. The highest BCUT2D eigenvalue weighted by atomic mass is 16.5. The molecular formula is C22H22N6O4. The Bertz CT molecular complexity index is 1130. The lowest BCUT2D eigenvalue weighted by Crippen LogP contribution is -2.55. The molecule has 2 aliphatic rings. The van der Waals surface area contributed by atoms with Gasteiger partial charge in [-0.25, -0.2) is 0 Å². The fourth-order valence-electron chi connectivity index (χ4n) is 3.16. The Morgan fingerprint density at radius 3 is 2.66 bits per heavy atom. The van der Waals surface area contributed by atoms with E-state index in [4.69, 9.17) is 10.5 Å². The van der Waals surface area contributed by atoms with Gasteiger partial charge < -0.3 is 26.0 Å². The van der Waals surface area contributed by atoms with Gasteiger partial charge in [0, 0.05) is 23.7 Å². The van der Waals surface area contributed by atoms with Crippen LogP contribution in [0.1, 0.15) is 30.3 Å². The van der Waals surface area contributed by atoms with Crippen molar-refractivity contribution >= 4 is 34.9 Å². The molecule has 10 nitrogen and oxygen atoms in total. The van der Waals surface area contributed by atoms with E-state index < -0.39 is 5.91 Å². The normalized spacial score (nSPS) is 15.1. The number of hydrogen-bond acceptors (Lipinski definition) is 7. The molecule has 0 radical (unpaired) electrons. The molecule has 1 saturated carbocycles. The summed E-state index contributed by atoms with van der Waals surface area (Å²) in [4.78, 5) is 37.1. The van der Waals surface area contributed by atoms with Crippen LogP contribution in [0.3, 0.4) is 0 Å². The number of nitrogens with zero attached hydrogens (tertiary/aromatic N) is 3. The fourth-order valence-corrected chi connectivity index (χ4v) is 3.16. The van der Waals surface area contributed by atoms with Gasteiger partial charge in [-0.3, -0.25) is 14.4 Å². The second kappa shape index (κ2) is 8.93. The van der Waals surface area contributed by atoms with Crippen molar-refractivity contribution in [3.8, 4) is 17.6 Å². The van der Waals surface area contributed by atoms with E-state index in [1.807, 2.05) is 0 Å². The number of nitrogens with one attached hydrogen (secondary N) is 2. The van der Waals surface area contributed by atoms with Crippen LogP contribution in [0.25, 0.3) is 0 Å². The summed E-state index contributed by atoms with van der Waals surface area (Å²) in [7, 11) is 0. The molecule has 1 aromatic carbocycles. The van der Waals surface area contributed by atoms with Crippen LogP contribution >= 0.6 is 0 Å². The predicted molar refractivity (Wildman–Crippen MR) is 116 cm³/mol. The second-order valence-electron chi connectivity index (χ2n) is 7.60. The summed E-state index contributed by atoms with van der Waals surface area (Å²) < 4.78 is 5.92. The zero-order valence-electron chi connectivity index (χ0n) is 17.4. The van der Waals surface area contributed by atoms with E-state index in [1.165, 1.54) is 6.07 Å². The maximum Gasteiger partial charge on any atom is 0.298 e. The van der Waals surface area contributed by atoms with Crippen molar-refractivity contribution in [3.63, 3.8) is 0 Å². The minimum absolute atomic E-state index is 0.00426. The third-order valence-corrected chi connectivity index (χ3v) is 5.01. The molecule has 3 amide bonds. The number of likely N-dealkylation sites (tertiary alicyclic amines) is 1. The van der Waals surface area contributed by atoms with Crippen LogP contribution in [0.5, 0.6) is 5.75 Å². The smallest absolute Gasteiger partial charge is 0.298 e. The van der Waals surface area contributed by atoms with Crippen molar-refractivity contribution < 1.29 is 19.1 Å². The van der Waals surface area contributed by atoms with Crippen molar-refractivity contribution in [2.45, 2.75) is 25.9 Å². The number of hydrogen-bond donors (Lipinski definition) is 3. The average Bonchev–Trinajstić information content (AvgIpc) is 3.56. The van der Waals surface area contributed by atoms with Gasteiger partial charge in [0.25, 0.3) is 11.8 Å². The van der Waals surface area contributed by atoms with Gasteiger partial charge in [-0.15, -0.1) is 10.2 Å². The molecule has 0 unspecified atom stereocenters. The number of anilines is 3. The van der Waals surface area contributed by atoms with E-state index in [2.05, 4.69) is 32.7 Å². The zero-order chi connectivity index (χ0) is 22.7. The summed E-state index contributed by atoms with van der Waals surface area (Å²) in [6.45, 7) is 2.56. The molecule has 0 atom stereocenters. The van der Waals surface area contributed by atoms with E-state index in [-0.39, 0.29) is 35.3 Å². The molecule has 1 aliphatic carbocycles. The highest BCUT2D eigenvalue weighted by Gasteiger charge is 2.32. The number of carbonyl (C=O) groups is 3. The first-order valence-corrected chi connectivity index (χ1v) is 10.2. The van der Waals surface area contributed by atoms with Gasteiger partial charge in [0.05, 0.1) is 18.8 Å². The van der Waals surface area contributed by atoms with E-state index in [0.717, 1.165) is 12.8 Å². The third kappa shape index (κ3) is 4.95. The molecular weight excluding hydrogens is 412 g/mol. The molecule has 1 aliphatic heterocycles. The molecule has 32 heavy (non-hydrogen) atoms. The Kier molecular flexibility index (Phi) is 5.89. The van der Waals surface area contributed by atoms with Crippen molar-refractivity contribution in [1.82, 2.24) is 15.1 Å². The first kappa shape index (κ1) is 21.1. The van der Waals surface area contributed by atoms with Crippen LogP contribution in [0.2, 0.25) is 0 Å². The lowest BCUT2D eigenvalue weighted by molar-refractivity contribution is -0.133. The minimum Gasteiger partial charge on any atom is -0.487 e. The van der Waals surface area contributed by atoms with E-state index >= 15 is 0 Å². The average molecular weight is 434 g/mol. The van der Waals surface area contributed by atoms with Crippen LogP contribution < -0.4 is 21.1 Å². The van der Waals surface area contributed by atoms with Crippen LogP contribution in [-0.4, -0.2) is 52.0 Å². The van der Waals surface area contributed by atoms with Gasteiger partial charge in [-0.05, 0) is 37.8 Å². The van der Waals surface area contributed by atoms with Gasteiger partial charge >= 0.3 is 0 Å². The van der Waals surface area contributed by atoms with Crippen molar-refractivity contribution in [1.29, 1.82) is 0 Å². The van der Waals surface area contributed by atoms with Crippen molar-refractivity contribution in [2.24, 2.45) is 11.7 Å². The number of primary amides is 1. The lowest BCUT2D eigenvalue weighted by atomic mass is 10.1. The SMILES string of the molecule is CC#CC(=O)N1CC(Oc2cccc(Nc3cc(NC(=O)C4CC4)nnc3C(N)=O)c2)C1. The number of ether oxygens (including phenoxy) is 1. The molecule has 2 aromatic rings. The van der Waals surface area contributed by atoms with Crippen molar-refractivity contribution in [3.05, 3.63) is 36.0 Å². The number of benzene rings is 1. The number of amides is 3. The van der Waals surface area contributed by atoms with Gasteiger partial charge in [0.1, 0.15) is 11.9 Å². The first-order chi connectivity index (χ1) is 15.4. The van der Waals surface area contributed by atoms with E-state index in [9.17, 15) is 14.4 Å². The molecule has 2 fully saturated rings. The van der Waals surface area contributed by atoms with Crippen LogP contribution in [0.15, 0.2) is 30.3 Å². The minimum atomic E-state index is -0.748. The first-order valence-electron chi connectivity index (χ1n) is 10.2. The van der Waals surface area contributed by atoms with Gasteiger partial charge in [0.15, 0.2) is 11.5 Å². The Labute approximate surface area is 184 Å². The summed E-state index contributed by atoms with van der Waals surface area (Å²) in [5.41, 5.74) is 6.31. The van der Waals surface area contributed by atoms with Gasteiger partial charge in [0.2, 0.25) is 5.91 Å². The molecule has 1 saturated heterocycles. The summed E-state index contributed by atoms with van der Waals surface area (Å²) in [5.74, 6) is 4.85. The monoisotopic (exact) mass is 434 g/mol. The molecule has 10 heteroatoms. The quantitative estimate of drug-likeness (QED) is 0.558. The Morgan fingerprint density at radius 2 is 1.97 bits per heavy atom. The van der Waals surface area contributed by atoms with Gasteiger partial charge in [-0.2, -0.15) is 0 Å². The molecule has 1 aromatic heterocycles. The third-order valence-electron chi connectivity index (χ3n) is 5.01. The standard InChI is InChI=1S/C22H22N6O4/c1-2-4-19(29)28-11-16(12-28)32-15-6-3-5-14(9-15)24-17-10-18(25-22(31)13-7-8-13)26-27-20(17)21(23)30/h3,5-6,9-10,13,16H,7-8,11-12H2,1H3,(H2,23,30)(H2,24,25,26,31). The summed E-state index contributed by atoms with van der Waals surface area (Å²) in [6, 6.07) is 8.64. The largest absolute Gasteiger partial charge is 0.487 e.